The van der Waals surface area contributed by atoms with E-state index in [1.54, 1.807) is 0 Å². The Morgan fingerprint density at radius 3 is 2.75 bits per heavy atom. The van der Waals surface area contributed by atoms with Gasteiger partial charge in [0.05, 0.1) is 6.33 Å². The monoisotopic (exact) mass is 278 g/mol. The summed E-state index contributed by atoms with van der Waals surface area (Å²) in [5, 5.41) is 5.71. The summed E-state index contributed by atoms with van der Waals surface area (Å²) in [6.45, 7) is 2.56. The van der Waals surface area contributed by atoms with Gasteiger partial charge in [-0.15, -0.1) is 0 Å². The van der Waals surface area contributed by atoms with Crippen LogP contribution in [0.5, 0.6) is 0 Å². The molecule has 1 aliphatic rings. The third-order valence-electron chi connectivity index (χ3n) is 3.56. The predicted octanol–water partition coefficient (Wildman–Crippen LogP) is 1.61. The summed E-state index contributed by atoms with van der Waals surface area (Å²) in [7, 11) is 0. The van der Waals surface area contributed by atoms with Crippen molar-refractivity contribution in [3.63, 3.8) is 0 Å². The van der Waals surface area contributed by atoms with Crippen molar-refractivity contribution in [2.75, 3.05) is 6.54 Å². The zero-order valence-electron chi connectivity index (χ0n) is 11.9. The van der Waals surface area contributed by atoms with Gasteiger partial charge in [0.2, 0.25) is 0 Å². The molecule has 1 aromatic rings. The summed E-state index contributed by atoms with van der Waals surface area (Å²) >= 11 is 0. The van der Waals surface area contributed by atoms with Gasteiger partial charge in [-0.25, -0.2) is 4.98 Å². The molecule has 1 aliphatic carbocycles. The molecule has 0 aliphatic heterocycles. The number of aromatic nitrogens is 2. The second-order valence-corrected chi connectivity index (χ2v) is 5.19. The Kier molecular flexibility index (Phi) is 5.15. The van der Waals surface area contributed by atoms with Gasteiger partial charge in [0.15, 0.2) is 5.69 Å². The molecular formula is C14H22N4O2. The van der Waals surface area contributed by atoms with Gasteiger partial charge in [0.25, 0.3) is 11.8 Å². The molecule has 0 unspecified atom stereocenters. The Bertz CT molecular complexity index is 463. The number of aromatic amines is 1. The minimum absolute atomic E-state index is 0.184. The molecule has 1 saturated carbocycles. The molecule has 2 amide bonds. The van der Waals surface area contributed by atoms with Crippen molar-refractivity contribution in [2.24, 2.45) is 0 Å². The highest BCUT2D eigenvalue weighted by Crippen LogP contribution is 2.18. The third kappa shape index (κ3) is 3.59. The second kappa shape index (κ2) is 7.07. The lowest BCUT2D eigenvalue weighted by Gasteiger charge is -2.22. The number of hydrogen-bond acceptors (Lipinski definition) is 3. The zero-order chi connectivity index (χ0) is 14.4. The van der Waals surface area contributed by atoms with Crippen molar-refractivity contribution in [1.82, 2.24) is 20.6 Å². The van der Waals surface area contributed by atoms with Crippen LogP contribution in [-0.2, 0) is 0 Å². The highest BCUT2D eigenvalue weighted by atomic mass is 16.2. The molecule has 6 heteroatoms. The first-order valence-electron chi connectivity index (χ1n) is 7.34. The van der Waals surface area contributed by atoms with Crippen LogP contribution in [-0.4, -0.2) is 34.4 Å². The Hall–Kier alpha value is -1.85. The Balaban J connectivity index is 1.99. The number of H-pyrrole nitrogens is 1. The van der Waals surface area contributed by atoms with Crippen molar-refractivity contribution in [2.45, 2.75) is 51.5 Å². The van der Waals surface area contributed by atoms with E-state index in [0.717, 1.165) is 32.1 Å². The maximum Gasteiger partial charge on any atom is 0.272 e. The van der Waals surface area contributed by atoms with Gasteiger partial charge in [-0.2, -0.15) is 0 Å². The van der Waals surface area contributed by atoms with E-state index in [-0.39, 0.29) is 29.2 Å². The first-order valence-corrected chi connectivity index (χ1v) is 7.34. The van der Waals surface area contributed by atoms with Gasteiger partial charge in [-0.05, 0) is 19.3 Å². The molecule has 110 valence electrons. The molecule has 0 spiro atoms. The highest BCUT2D eigenvalue weighted by Gasteiger charge is 2.23. The van der Waals surface area contributed by atoms with Crippen molar-refractivity contribution in [3.8, 4) is 0 Å². The molecule has 0 bridgehead atoms. The molecular weight excluding hydrogens is 256 g/mol. The van der Waals surface area contributed by atoms with E-state index in [1.165, 1.54) is 12.7 Å². The maximum atomic E-state index is 12.2. The minimum atomic E-state index is -0.279. The van der Waals surface area contributed by atoms with Gasteiger partial charge in [0.1, 0.15) is 5.69 Å². The summed E-state index contributed by atoms with van der Waals surface area (Å²) in [6.07, 6.45) is 7.78. The Morgan fingerprint density at radius 2 is 2.05 bits per heavy atom. The molecule has 1 heterocycles. The van der Waals surface area contributed by atoms with Crippen LogP contribution in [0.1, 0.15) is 66.4 Å². The van der Waals surface area contributed by atoms with Gasteiger partial charge in [-0.3, -0.25) is 9.59 Å². The number of carbonyl (C=O) groups excluding carboxylic acids is 2. The zero-order valence-corrected chi connectivity index (χ0v) is 11.9. The first-order chi connectivity index (χ1) is 9.72. The van der Waals surface area contributed by atoms with Gasteiger partial charge in [0, 0.05) is 12.6 Å². The molecule has 20 heavy (non-hydrogen) atoms. The van der Waals surface area contributed by atoms with Crippen molar-refractivity contribution < 1.29 is 9.59 Å². The SMILES string of the molecule is CCCNC(=O)c1[nH]cnc1C(=O)NC1CCCCC1. The number of rotatable bonds is 5. The lowest BCUT2D eigenvalue weighted by Crippen LogP contribution is -2.37. The number of amides is 2. The largest absolute Gasteiger partial charge is 0.351 e. The summed E-state index contributed by atoms with van der Waals surface area (Å²) in [5.74, 6) is -0.544. The Morgan fingerprint density at radius 1 is 1.30 bits per heavy atom. The molecule has 2 rings (SSSR count). The summed E-state index contributed by atoms with van der Waals surface area (Å²) in [5.41, 5.74) is 0.427. The lowest BCUT2D eigenvalue weighted by molar-refractivity contribution is 0.0898. The first kappa shape index (κ1) is 14.6. The number of nitrogens with one attached hydrogen (secondary N) is 3. The smallest absolute Gasteiger partial charge is 0.272 e. The number of carbonyl (C=O) groups is 2. The summed E-state index contributed by atoms with van der Waals surface area (Å²) in [6, 6.07) is 0.208. The number of imidazole rings is 1. The molecule has 1 aromatic heterocycles. The number of nitrogens with zero attached hydrogens (tertiary/aromatic N) is 1. The fourth-order valence-electron chi connectivity index (χ4n) is 2.47. The lowest BCUT2D eigenvalue weighted by atomic mass is 9.95. The van der Waals surface area contributed by atoms with Crippen LogP contribution in [0.2, 0.25) is 0 Å². The molecule has 1 fully saturated rings. The fourth-order valence-corrected chi connectivity index (χ4v) is 2.47. The summed E-state index contributed by atoms with van der Waals surface area (Å²) < 4.78 is 0. The van der Waals surface area contributed by atoms with Crippen LogP contribution in [0.4, 0.5) is 0 Å². The average molecular weight is 278 g/mol. The predicted molar refractivity (Wildman–Crippen MR) is 75.6 cm³/mol. The standard InChI is InChI=1S/C14H22N4O2/c1-2-8-15-13(19)11-12(17-9-16-11)14(20)18-10-6-4-3-5-7-10/h9-10H,2-8H2,1H3,(H,15,19)(H,16,17)(H,18,20). The van der Waals surface area contributed by atoms with E-state index in [2.05, 4.69) is 20.6 Å². The van der Waals surface area contributed by atoms with Crippen molar-refractivity contribution in [3.05, 3.63) is 17.7 Å². The molecule has 3 N–H and O–H groups in total. The van der Waals surface area contributed by atoms with E-state index in [1.807, 2.05) is 6.92 Å². The van der Waals surface area contributed by atoms with Crippen LogP contribution in [0.15, 0.2) is 6.33 Å². The fraction of sp³-hybridized carbons (Fsp3) is 0.643. The topological polar surface area (TPSA) is 86.9 Å². The van der Waals surface area contributed by atoms with E-state index in [4.69, 9.17) is 0 Å². The normalized spacial score (nSPS) is 15.8. The molecule has 0 saturated heterocycles. The van der Waals surface area contributed by atoms with Gasteiger partial charge < -0.3 is 15.6 Å². The number of hydrogen-bond donors (Lipinski definition) is 3. The summed E-state index contributed by atoms with van der Waals surface area (Å²) in [4.78, 5) is 30.9. The van der Waals surface area contributed by atoms with Crippen LogP contribution in [0.25, 0.3) is 0 Å². The molecule has 0 aromatic carbocycles. The van der Waals surface area contributed by atoms with Crippen molar-refractivity contribution in [1.29, 1.82) is 0 Å². The van der Waals surface area contributed by atoms with Crippen LogP contribution >= 0.6 is 0 Å². The van der Waals surface area contributed by atoms with Crippen LogP contribution in [0.3, 0.4) is 0 Å². The van der Waals surface area contributed by atoms with Gasteiger partial charge >= 0.3 is 0 Å². The molecule has 0 radical (unpaired) electrons. The minimum Gasteiger partial charge on any atom is -0.351 e. The second-order valence-electron chi connectivity index (χ2n) is 5.19. The van der Waals surface area contributed by atoms with E-state index in [0.29, 0.717) is 6.54 Å². The maximum absolute atomic E-state index is 12.2. The third-order valence-corrected chi connectivity index (χ3v) is 3.56. The van der Waals surface area contributed by atoms with Crippen molar-refractivity contribution >= 4 is 11.8 Å². The Labute approximate surface area is 118 Å². The van der Waals surface area contributed by atoms with Gasteiger partial charge in [-0.1, -0.05) is 26.2 Å². The van der Waals surface area contributed by atoms with E-state index in [9.17, 15) is 9.59 Å². The van der Waals surface area contributed by atoms with E-state index < -0.39 is 0 Å². The highest BCUT2D eigenvalue weighted by molar-refractivity contribution is 6.04. The molecule has 6 nitrogen and oxygen atoms in total. The quantitative estimate of drug-likeness (QED) is 0.764. The average Bonchev–Trinajstić information content (AvgIpc) is 2.95. The van der Waals surface area contributed by atoms with E-state index >= 15 is 0 Å². The van der Waals surface area contributed by atoms with Crippen LogP contribution < -0.4 is 10.6 Å². The van der Waals surface area contributed by atoms with Crippen LogP contribution in [0, 0.1) is 0 Å². The molecule has 0 atom stereocenters.